The largest absolute Gasteiger partial charge is 0.379 e. The average molecular weight is 388 g/mol. The number of carbonyl (C=O) groups excluding carboxylic acids is 1. The highest BCUT2D eigenvalue weighted by molar-refractivity contribution is 7.19. The van der Waals surface area contributed by atoms with Gasteiger partial charge in [0.2, 0.25) is 5.91 Å². The minimum Gasteiger partial charge on any atom is -0.379 e. The normalized spacial score (nSPS) is 21.3. The van der Waals surface area contributed by atoms with Crippen LogP contribution < -0.4 is 4.90 Å². The molecule has 7 nitrogen and oxygen atoms in total. The molecule has 2 saturated heterocycles. The van der Waals surface area contributed by atoms with Gasteiger partial charge in [0, 0.05) is 25.0 Å². The predicted octanol–water partition coefficient (Wildman–Crippen LogP) is 1.64. The van der Waals surface area contributed by atoms with Gasteiger partial charge in [-0.25, -0.2) is 9.97 Å². The first-order valence-electron chi connectivity index (χ1n) is 9.79. The monoisotopic (exact) mass is 387 g/mol. The zero-order valence-electron chi connectivity index (χ0n) is 15.7. The number of hydrogen-bond acceptors (Lipinski definition) is 7. The number of hydrogen-bond donors (Lipinski definition) is 0. The van der Waals surface area contributed by atoms with Crippen molar-refractivity contribution in [2.24, 2.45) is 0 Å². The number of anilines is 1. The molecule has 2 aliphatic heterocycles. The van der Waals surface area contributed by atoms with Crippen LogP contribution in [0.4, 0.5) is 5.82 Å². The fraction of sp³-hybridized carbons (Fsp3) is 0.632. The second kappa shape index (κ2) is 7.00. The second-order valence-electron chi connectivity index (χ2n) is 7.67. The summed E-state index contributed by atoms with van der Waals surface area (Å²) in [6.07, 6.45) is 4.74. The molecule has 0 atom stereocenters. The van der Waals surface area contributed by atoms with Crippen molar-refractivity contribution >= 4 is 33.3 Å². The van der Waals surface area contributed by atoms with Crippen LogP contribution in [0.3, 0.4) is 0 Å². The van der Waals surface area contributed by atoms with Crippen LogP contribution in [-0.2, 0) is 28.9 Å². The number of likely N-dealkylation sites (N-methyl/N-ethyl adjacent to an activating group) is 1. The zero-order chi connectivity index (χ0) is 18.4. The van der Waals surface area contributed by atoms with Crippen LogP contribution >= 0.6 is 11.3 Å². The fourth-order valence-corrected chi connectivity index (χ4v) is 5.53. The Labute approximate surface area is 162 Å². The number of fused-ring (bicyclic) bond motifs is 3. The molecule has 2 fully saturated rings. The van der Waals surface area contributed by atoms with E-state index in [4.69, 9.17) is 14.7 Å². The van der Waals surface area contributed by atoms with Gasteiger partial charge in [-0.1, -0.05) is 0 Å². The van der Waals surface area contributed by atoms with Crippen molar-refractivity contribution in [2.45, 2.75) is 32.2 Å². The van der Waals surface area contributed by atoms with Crippen LogP contribution in [0.2, 0.25) is 0 Å². The minimum absolute atomic E-state index is 0.153. The molecule has 5 rings (SSSR count). The van der Waals surface area contributed by atoms with E-state index in [1.807, 2.05) is 18.4 Å². The number of aryl methyl sites for hydroxylation is 2. The Bertz CT molecular complexity index is 877. The van der Waals surface area contributed by atoms with E-state index in [0.29, 0.717) is 13.2 Å². The van der Waals surface area contributed by atoms with E-state index in [-0.39, 0.29) is 5.91 Å². The first kappa shape index (κ1) is 17.3. The van der Waals surface area contributed by atoms with E-state index in [2.05, 4.69) is 9.80 Å². The number of carbonyl (C=O) groups is 1. The lowest BCUT2D eigenvalue weighted by Crippen LogP contribution is -2.36. The molecule has 144 valence electrons. The van der Waals surface area contributed by atoms with Gasteiger partial charge in [-0.15, -0.1) is 11.3 Å². The summed E-state index contributed by atoms with van der Waals surface area (Å²) in [5.41, 5.74) is 1.43. The summed E-state index contributed by atoms with van der Waals surface area (Å²) in [4.78, 5) is 30.9. The first-order chi connectivity index (χ1) is 13.2. The molecule has 0 saturated carbocycles. The lowest BCUT2D eigenvalue weighted by molar-refractivity contribution is -0.125. The van der Waals surface area contributed by atoms with Crippen LogP contribution in [-0.4, -0.2) is 72.2 Å². The van der Waals surface area contributed by atoms with Gasteiger partial charge >= 0.3 is 0 Å². The van der Waals surface area contributed by atoms with Gasteiger partial charge in [0.25, 0.3) is 0 Å². The smallest absolute Gasteiger partial charge is 0.243 e. The van der Waals surface area contributed by atoms with Crippen molar-refractivity contribution in [1.29, 1.82) is 0 Å². The number of nitrogens with zero attached hydrogens (tertiary/aromatic N) is 5. The lowest BCUT2D eigenvalue weighted by atomic mass is 9.97. The van der Waals surface area contributed by atoms with Gasteiger partial charge in [0.05, 0.1) is 31.8 Å². The number of morpholine rings is 1. The number of ether oxygens (including phenoxy) is 1. The van der Waals surface area contributed by atoms with Crippen molar-refractivity contribution in [3.63, 3.8) is 0 Å². The van der Waals surface area contributed by atoms with E-state index < -0.39 is 0 Å². The van der Waals surface area contributed by atoms with Gasteiger partial charge in [-0.05, 0) is 31.2 Å². The van der Waals surface area contributed by atoms with E-state index in [9.17, 15) is 4.79 Å². The fourth-order valence-electron chi connectivity index (χ4n) is 4.25. The van der Waals surface area contributed by atoms with Crippen molar-refractivity contribution in [2.75, 3.05) is 51.5 Å². The molecule has 2 aromatic rings. The third-order valence-corrected chi connectivity index (χ3v) is 6.93. The number of rotatable bonds is 3. The molecule has 3 aliphatic rings. The molecule has 2 aromatic heterocycles. The van der Waals surface area contributed by atoms with E-state index in [0.717, 1.165) is 62.2 Å². The Hall–Kier alpha value is -1.77. The Morgan fingerprint density at radius 1 is 1.15 bits per heavy atom. The molecular formula is C19H25N5O2S. The van der Waals surface area contributed by atoms with Crippen molar-refractivity contribution in [3.05, 3.63) is 16.3 Å². The van der Waals surface area contributed by atoms with Crippen LogP contribution in [0, 0.1) is 0 Å². The second-order valence-corrected chi connectivity index (χ2v) is 8.76. The lowest BCUT2D eigenvalue weighted by Gasteiger charge is -2.26. The van der Waals surface area contributed by atoms with Gasteiger partial charge < -0.3 is 14.5 Å². The Morgan fingerprint density at radius 2 is 1.96 bits per heavy atom. The molecule has 0 aromatic carbocycles. The van der Waals surface area contributed by atoms with Crippen molar-refractivity contribution in [1.82, 2.24) is 19.8 Å². The van der Waals surface area contributed by atoms with Gasteiger partial charge in [0.1, 0.15) is 23.0 Å². The Morgan fingerprint density at radius 3 is 2.74 bits per heavy atom. The third kappa shape index (κ3) is 3.19. The molecule has 0 bridgehead atoms. The Balaban J connectivity index is 1.57. The summed E-state index contributed by atoms with van der Waals surface area (Å²) in [5, 5.41) is 1.20. The molecule has 0 spiro atoms. The standard InChI is InChI=1S/C19H25N5O2S/c1-22-12-24(11-16(22)25)18-17-13-4-2-3-5-14(13)27-19(17)21-15(20-18)10-23-6-8-26-9-7-23/h2-12H2,1H3. The van der Waals surface area contributed by atoms with Crippen LogP contribution in [0.15, 0.2) is 0 Å². The predicted molar refractivity (Wildman–Crippen MR) is 105 cm³/mol. The summed E-state index contributed by atoms with van der Waals surface area (Å²) in [5.74, 6) is 1.97. The highest BCUT2D eigenvalue weighted by atomic mass is 32.1. The summed E-state index contributed by atoms with van der Waals surface area (Å²) in [6.45, 7) is 5.14. The number of amides is 1. The van der Waals surface area contributed by atoms with Crippen molar-refractivity contribution < 1.29 is 9.53 Å². The molecule has 1 aliphatic carbocycles. The summed E-state index contributed by atoms with van der Waals surface area (Å²) >= 11 is 1.83. The highest BCUT2D eigenvalue weighted by Gasteiger charge is 2.30. The highest BCUT2D eigenvalue weighted by Crippen LogP contribution is 2.40. The maximum atomic E-state index is 12.1. The Kier molecular flexibility index (Phi) is 4.49. The minimum atomic E-state index is 0.153. The van der Waals surface area contributed by atoms with E-state index in [1.54, 1.807) is 4.90 Å². The van der Waals surface area contributed by atoms with Crippen molar-refractivity contribution in [3.8, 4) is 0 Å². The number of aromatic nitrogens is 2. The van der Waals surface area contributed by atoms with Crippen LogP contribution in [0.5, 0.6) is 0 Å². The quantitative estimate of drug-likeness (QED) is 0.798. The summed E-state index contributed by atoms with van der Waals surface area (Å²) in [7, 11) is 1.86. The summed E-state index contributed by atoms with van der Waals surface area (Å²) < 4.78 is 5.46. The molecule has 8 heteroatoms. The van der Waals surface area contributed by atoms with Crippen LogP contribution in [0.1, 0.15) is 29.1 Å². The first-order valence-corrected chi connectivity index (χ1v) is 10.6. The molecule has 0 N–H and O–H groups in total. The molecule has 0 radical (unpaired) electrons. The topological polar surface area (TPSA) is 61.8 Å². The third-order valence-electron chi connectivity index (χ3n) is 5.74. The number of thiophene rings is 1. The molecule has 27 heavy (non-hydrogen) atoms. The summed E-state index contributed by atoms with van der Waals surface area (Å²) in [6, 6.07) is 0. The van der Waals surface area contributed by atoms with Gasteiger partial charge in [0.15, 0.2) is 0 Å². The molecule has 0 unspecified atom stereocenters. The van der Waals surface area contributed by atoms with Crippen LogP contribution in [0.25, 0.3) is 10.2 Å². The van der Waals surface area contributed by atoms with E-state index in [1.165, 1.54) is 28.7 Å². The molecule has 4 heterocycles. The zero-order valence-corrected chi connectivity index (χ0v) is 16.6. The molecular weight excluding hydrogens is 362 g/mol. The maximum Gasteiger partial charge on any atom is 0.243 e. The van der Waals surface area contributed by atoms with Gasteiger partial charge in [-0.2, -0.15) is 0 Å². The average Bonchev–Trinajstić information content (AvgIpc) is 3.21. The van der Waals surface area contributed by atoms with Gasteiger partial charge in [-0.3, -0.25) is 9.69 Å². The molecule has 1 amide bonds. The van der Waals surface area contributed by atoms with E-state index >= 15 is 0 Å². The maximum absolute atomic E-state index is 12.1. The SMILES string of the molecule is CN1CN(c2nc(CN3CCOCC3)nc3sc4c(c23)CCCC4)CC1=O.